The van der Waals surface area contributed by atoms with Crippen LogP contribution >= 0.6 is 23.2 Å². The third-order valence-electron chi connectivity index (χ3n) is 3.74. The molecular formula is C16H12Cl2F4N6O. The van der Waals surface area contributed by atoms with Crippen molar-refractivity contribution in [2.45, 2.75) is 25.9 Å². The summed E-state index contributed by atoms with van der Waals surface area (Å²) in [5.74, 6) is -0.928. The van der Waals surface area contributed by atoms with Crippen LogP contribution < -0.4 is 5.32 Å². The number of halogens is 6. The van der Waals surface area contributed by atoms with Gasteiger partial charge in [-0.05, 0) is 18.2 Å². The Morgan fingerprint density at radius 3 is 2.41 bits per heavy atom. The number of anilines is 1. The molecule has 0 saturated heterocycles. The molecule has 1 N–H and O–H groups in total. The lowest BCUT2D eigenvalue weighted by Crippen LogP contribution is -2.22. The zero-order valence-electron chi connectivity index (χ0n) is 14.4. The van der Waals surface area contributed by atoms with Crippen LogP contribution in [0.4, 0.5) is 23.5 Å². The quantitative estimate of drug-likeness (QED) is 0.543. The number of carbonyl (C=O) groups excluding carboxylic acids is 1. The lowest BCUT2D eigenvalue weighted by Gasteiger charge is -2.07. The molecule has 0 fully saturated rings. The molecule has 29 heavy (non-hydrogen) atoms. The molecule has 7 nitrogen and oxygen atoms in total. The molecule has 0 radical (unpaired) electrons. The Bertz CT molecular complexity index is 1000. The maximum atomic E-state index is 13.0. The molecule has 1 aromatic carbocycles. The van der Waals surface area contributed by atoms with Gasteiger partial charge in [-0.15, -0.1) is 5.10 Å². The van der Waals surface area contributed by atoms with Crippen LogP contribution in [0.5, 0.6) is 0 Å². The van der Waals surface area contributed by atoms with Gasteiger partial charge >= 0.3 is 0 Å². The molecule has 13 heteroatoms. The maximum Gasteiger partial charge on any atom is 0.282 e. The highest BCUT2D eigenvalue weighted by molar-refractivity contribution is 6.35. The van der Waals surface area contributed by atoms with Crippen molar-refractivity contribution >= 4 is 35.1 Å². The molecule has 0 atom stereocenters. The molecule has 3 rings (SSSR count). The van der Waals surface area contributed by atoms with Crippen molar-refractivity contribution in [3.8, 4) is 0 Å². The molecule has 1 amide bonds. The van der Waals surface area contributed by atoms with Crippen LogP contribution in [0, 0.1) is 0 Å². The number of rotatable bonds is 7. The first-order valence-corrected chi connectivity index (χ1v) is 8.76. The van der Waals surface area contributed by atoms with Gasteiger partial charge < -0.3 is 0 Å². The number of aromatic nitrogens is 5. The highest BCUT2D eigenvalue weighted by Gasteiger charge is 2.22. The molecule has 0 bridgehead atoms. The van der Waals surface area contributed by atoms with Gasteiger partial charge in [0, 0.05) is 15.6 Å². The number of nitrogens with zero attached hydrogens (tertiary/aromatic N) is 5. The van der Waals surface area contributed by atoms with Gasteiger partial charge in [0.25, 0.3) is 12.9 Å². The van der Waals surface area contributed by atoms with Crippen molar-refractivity contribution < 1.29 is 22.4 Å². The molecule has 0 saturated carbocycles. The number of amides is 1. The molecular weight excluding hydrogens is 439 g/mol. The highest BCUT2D eigenvalue weighted by Crippen LogP contribution is 2.26. The summed E-state index contributed by atoms with van der Waals surface area (Å²) in [6.45, 7) is -0.537. The topological polar surface area (TPSA) is 77.6 Å². The summed E-state index contributed by atoms with van der Waals surface area (Å²) in [6, 6.07) is 5.55. The third kappa shape index (κ3) is 5.04. The second-order valence-corrected chi connectivity index (χ2v) is 6.58. The fourth-order valence-corrected chi connectivity index (χ4v) is 2.95. The minimum absolute atomic E-state index is 0.113. The summed E-state index contributed by atoms with van der Waals surface area (Å²) >= 11 is 12.2. The van der Waals surface area contributed by atoms with Crippen LogP contribution in [-0.4, -0.2) is 30.5 Å². The second-order valence-electron chi connectivity index (χ2n) is 5.77. The van der Waals surface area contributed by atoms with E-state index in [4.69, 9.17) is 23.2 Å². The number of alkyl halides is 4. The lowest BCUT2D eigenvalue weighted by atomic mass is 10.2. The number of hydrogen-bond donors (Lipinski definition) is 1. The molecule has 0 aliphatic rings. The molecule has 3 aromatic rings. The molecule has 154 valence electrons. The Morgan fingerprint density at radius 2 is 1.79 bits per heavy atom. The zero-order chi connectivity index (χ0) is 21.1. The van der Waals surface area contributed by atoms with Crippen molar-refractivity contribution in [3.05, 3.63) is 57.6 Å². The molecule has 0 unspecified atom stereocenters. The first-order chi connectivity index (χ1) is 13.7. The van der Waals surface area contributed by atoms with E-state index in [1.165, 1.54) is 11.0 Å². The van der Waals surface area contributed by atoms with Crippen LogP contribution in [0.25, 0.3) is 0 Å². The third-order valence-corrected chi connectivity index (χ3v) is 4.45. The van der Waals surface area contributed by atoms with Gasteiger partial charge in [0.05, 0.1) is 6.54 Å². The minimum atomic E-state index is -3.07. The van der Waals surface area contributed by atoms with Crippen LogP contribution in [0.15, 0.2) is 30.6 Å². The van der Waals surface area contributed by atoms with E-state index in [1.54, 1.807) is 18.2 Å². The van der Waals surface area contributed by atoms with E-state index in [-0.39, 0.29) is 12.5 Å². The fourth-order valence-electron chi connectivity index (χ4n) is 2.43. The Balaban J connectivity index is 1.68. The van der Waals surface area contributed by atoms with E-state index in [0.717, 1.165) is 0 Å². The molecule has 0 aliphatic carbocycles. The fraction of sp³-hybridized carbons (Fsp3) is 0.250. The first kappa shape index (κ1) is 21.1. The average Bonchev–Trinajstić information content (AvgIpc) is 3.25. The van der Waals surface area contributed by atoms with E-state index in [1.807, 2.05) is 0 Å². The number of hydrogen-bond acceptors (Lipinski definition) is 4. The Labute approximate surface area is 171 Å². The summed E-state index contributed by atoms with van der Waals surface area (Å²) < 4.78 is 53.2. The van der Waals surface area contributed by atoms with Crippen molar-refractivity contribution in [1.29, 1.82) is 0 Å². The van der Waals surface area contributed by atoms with Gasteiger partial charge in [-0.1, -0.05) is 29.3 Å². The smallest absolute Gasteiger partial charge is 0.282 e. The molecule has 0 spiro atoms. The Morgan fingerprint density at radius 1 is 1.10 bits per heavy atom. The van der Waals surface area contributed by atoms with Crippen LogP contribution in [0.1, 0.15) is 29.8 Å². The van der Waals surface area contributed by atoms with Crippen molar-refractivity contribution in [2.75, 3.05) is 5.32 Å². The highest BCUT2D eigenvalue weighted by atomic mass is 35.5. The first-order valence-electron chi connectivity index (χ1n) is 8.00. The summed E-state index contributed by atoms with van der Waals surface area (Å²) in [7, 11) is 0. The van der Waals surface area contributed by atoms with E-state index in [2.05, 4.69) is 20.5 Å². The normalized spacial score (nSPS) is 11.4. The number of carbonyl (C=O) groups is 1. The van der Waals surface area contributed by atoms with E-state index in [0.29, 0.717) is 26.4 Å². The summed E-state index contributed by atoms with van der Waals surface area (Å²) in [6.07, 6.45) is -4.80. The van der Waals surface area contributed by atoms with Crippen molar-refractivity contribution in [3.63, 3.8) is 0 Å². The van der Waals surface area contributed by atoms with Gasteiger partial charge in [0.1, 0.15) is 24.3 Å². The maximum absolute atomic E-state index is 13.0. The van der Waals surface area contributed by atoms with Gasteiger partial charge in [-0.3, -0.25) is 14.8 Å². The summed E-state index contributed by atoms with van der Waals surface area (Å²) in [5.41, 5.74) is -1.04. The van der Waals surface area contributed by atoms with Gasteiger partial charge in [0.2, 0.25) is 11.9 Å². The lowest BCUT2D eigenvalue weighted by molar-refractivity contribution is -0.117. The summed E-state index contributed by atoms with van der Waals surface area (Å²) in [5, 5.41) is 10.5. The predicted molar refractivity (Wildman–Crippen MR) is 96.4 cm³/mol. The Kier molecular flexibility index (Phi) is 6.38. The standard InChI is InChI=1S/C16H12Cl2F4N6O/c17-9-2-1-3-10(18)8(9)5-27-7-23-16(26-27)24-13(29)6-28-12(15(21)22)4-11(25-28)14(19)20/h1-4,7,14-15H,5-6H2,(H,24,26,29). The molecule has 2 heterocycles. The minimum Gasteiger partial charge on any atom is -0.292 e. The van der Waals surface area contributed by atoms with Crippen LogP contribution in [0.3, 0.4) is 0 Å². The largest absolute Gasteiger partial charge is 0.292 e. The average molecular weight is 451 g/mol. The van der Waals surface area contributed by atoms with Crippen LogP contribution in [-0.2, 0) is 17.9 Å². The monoisotopic (exact) mass is 450 g/mol. The molecule has 0 aliphatic heterocycles. The second kappa shape index (κ2) is 8.78. The summed E-state index contributed by atoms with van der Waals surface area (Å²) in [4.78, 5) is 16.0. The van der Waals surface area contributed by atoms with Gasteiger partial charge in [-0.2, -0.15) is 5.10 Å². The number of nitrogens with one attached hydrogen (secondary N) is 1. The van der Waals surface area contributed by atoms with E-state index >= 15 is 0 Å². The number of benzene rings is 1. The van der Waals surface area contributed by atoms with E-state index in [9.17, 15) is 22.4 Å². The van der Waals surface area contributed by atoms with Gasteiger partial charge in [-0.25, -0.2) is 27.2 Å². The van der Waals surface area contributed by atoms with Crippen LogP contribution in [0.2, 0.25) is 10.0 Å². The zero-order valence-corrected chi connectivity index (χ0v) is 15.9. The Hall–Kier alpha value is -2.66. The predicted octanol–water partition coefficient (Wildman–Crippen LogP) is 4.34. The van der Waals surface area contributed by atoms with Crippen molar-refractivity contribution in [2.24, 2.45) is 0 Å². The van der Waals surface area contributed by atoms with E-state index < -0.39 is 36.7 Å². The SMILES string of the molecule is O=C(Cn1nc(C(F)F)cc1C(F)F)Nc1ncn(Cc2c(Cl)cccc2Cl)n1. The van der Waals surface area contributed by atoms with Crippen molar-refractivity contribution in [1.82, 2.24) is 24.5 Å². The molecule has 2 aromatic heterocycles. The van der Waals surface area contributed by atoms with Gasteiger partial charge in [0.15, 0.2) is 0 Å².